The summed E-state index contributed by atoms with van der Waals surface area (Å²) in [4.78, 5) is 0. The molecule has 0 amide bonds. The molecule has 0 saturated carbocycles. The Morgan fingerprint density at radius 1 is 0.750 bits per heavy atom. The monoisotopic (exact) mass is 302 g/mol. The second kappa shape index (κ2) is 7.86. The van der Waals surface area contributed by atoms with Crippen LogP contribution in [0.5, 0.6) is 11.5 Å². The molecule has 0 radical (unpaired) electrons. The molecule has 0 unspecified atom stereocenters. The van der Waals surface area contributed by atoms with Crippen LogP contribution in [-0.4, -0.2) is 26.6 Å². The van der Waals surface area contributed by atoms with Crippen LogP contribution in [0.25, 0.3) is 0 Å². The lowest BCUT2D eigenvalue weighted by atomic mass is 10.1. The molecule has 20 heavy (non-hydrogen) atoms. The van der Waals surface area contributed by atoms with Crippen molar-refractivity contribution in [1.82, 2.24) is 0 Å². The van der Waals surface area contributed by atoms with Crippen LogP contribution in [0.3, 0.4) is 0 Å². The SMILES string of the molecule is FCCOc1ccc(OCCF)c(C(F)F)c1C(F)F. The van der Waals surface area contributed by atoms with Gasteiger partial charge in [0, 0.05) is 0 Å². The van der Waals surface area contributed by atoms with Crippen molar-refractivity contribution in [2.24, 2.45) is 0 Å². The van der Waals surface area contributed by atoms with Gasteiger partial charge in [-0.25, -0.2) is 26.3 Å². The smallest absolute Gasteiger partial charge is 0.268 e. The summed E-state index contributed by atoms with van der Waals surface area (Å²) in [6.45, 7) is -2.97. The van der Waals surface area contributed by atoms with Crippen molar-refractivity contribution in [3.63, 3.8) is 0 Å². The second-order valence-corrected chi connectivity index (χ2v) is 3.57. The highest BCUT2D eigenvalue weighted by atomic mass is 19.3. The summed E-state index contributed by atoms with van der Waals surface area (Å²) in [7, 11) is 0. The number of alkyl halides is 6. The molecule has 0 aliphatic rings. The molecule has 0 spiro atoms. The molecule has 1 aromatic carbocycles. The lowest BCUT2D eigenvalue weighted by Crippen LogP contribution is -2.08. The first-order valence-corrected chi connectivity index (χ1v) is 5.63. The van der Waals surface area contributed by atoms with Crippen LogP contribution in [0, 0.1) is 0 Å². The standard InChI is InChI=1S/C12H12F6O2/c13-3-5-19-7-1-2-8(20-6-4-14)10(12(17)18)9(7)11(15)16/h1-2,11-12H,3-6H2. The summed E-state index contributed by atoms with van der Waals surface area (Å²) in [5, 5.41) is 0. The minimum Gasteiger partial charge on any atom is -0.490 e. The summed E-state index contributed by atoms with van der Waals surface area (Å²) >= 11 is 0. The van der Waals surface area contributed by atoms with Gasteiger partial charge in [0.05, 0.1) is 11.1 Å². The highest BCUT2D eigenvalue weighted by molar-refractivity contribution is 5.50. The van der Waals surface area contributed by atoms with E-state index in [1.165, 1.54) is 0 Å². The molecular weight excluding hydrogens is 290 g/mol. The lowest BCUT2D eigenvalue weighted by molar-refractivity contribution is 0.115. The van der Waals surface area contributed by atoms with E-state index in [1.54, 1.807) is 0 Å². The van der Waals surface area contributed by atoms with E-state index >= 15 is 0 Å². The van der Waals surface area contributed by atoms with Gasteiger partial charge >= 0.3 is 0 Å². The van der Waals surface area contributed by atoms with E-state index in [4.69, 9.17) is 0 Å². The van der Waals surface area contributed by atoms with Gasteiger partial charge in [-0.15, -0.1) is 0 Å². The Kier molecular flexibility index (Phi) is 6.47. The number of benzene rings is 1. The van der Waals surface area contributed by atoms with Crippen LogP contribution in [-0.2, 0) is 0 Å². The van der Waals surface area contributed by atoms with Crippen molar-refractivity contribution in [3.8, 4) is 11.5 Å². The number of ether oxygens (including phenoxy) is 2. The van der Waals surface area contributed by atoms with E-state index in [1.807, 2.05) is 0 Å². The van der Waals surface area contributed by atoms with Crippen LogP contribution in [0.2, 0.25) is 0 Å². The largest absolute Gasteiger partial charge is 0.490 e. The first kappa shape index (κ1) is 16.5. The molecule has 0 saturated heterocycles. The van der Waals surface area contributed by atoms with Gasteiger partial charge in [-0.05, 0) is 12.1 Å². The van der Waals surface area contributed by atoms with Crippen molar-refractivity contribution in [3.05, 3.63) is 23.3 Å². The lowest BCUT2D eigenvalue weighted by Gasteiger charge is -2.18. The van der Waals surface area contributed by atoms with Crippen LogP contribution >= 0.6 is 0 Å². The maximum absolute atomic E-state index is 12.9. The van der Waals surface area contributed by atoms with Crippen LogP contribution < -0.4 is 9.47 Å². The fourth-order valence-electron chi connectivity index (χ4n) is 1.60. The zero-order chi connectivity index (χ0) is 15.1. The molecule has 0 aliphatic heterocycles. The summed E-state index contributed by atoms with van der Waals surface area (Å²) in [5.74, 6) is -1.08. The van der Waals surface area contributed by atoms with Gasteiger partial charge in [-0.3, -0.25) is 0 Å². The predicted octanol–water partition coefficient (Wildman–Crippen LogP) is 4.26. The van der Waals surface area contributed by atoms with Crippen molar-refractivity contribution in [2.45, 2.75) is 12.9 Å². The van der Waals surface area contributed by atoms with Crippen LogP contribution in [0.1, 0.15) is 24.0 Å². The van der Waals surface area contributed by atoms with E-state index in [0.717, 1.165) is 12.1 Å². The molecule has 1 rings (SSSR count). The maximum atomic E-state index is 12.9. The van der Waals surface area contributed by atoms with E-state index in [-0.39, 0.29) is 0 Å². The van der Waals surface area contributed by atoms with Crippen molar-refractivity contribution >= 4 is 0 Å². The van der Waals surface area contributed by atoms with Crippen molar-refractivity contribution in [1.29, 1.82) is 0 Å². The highest BCUT2D eigenvalue weighted by Gasteiger charge is 2.28. The molecule has 0 aromatic heterocycles. The highest BCUT2D eigenvalue weighted by Crippen LogP contribution is 2.42. The molecule has 0 atom stereocenters. The van der Waals surface area contributed by atoms with E-state index < -0.39 is 62.0 Å². The quantitative estimate of drug-likeness (QED) is 0.668. The summed E-state index contributed by atoms with van der Waals surface area (Å²) in [6, 6.07) is 1.94. The van der Waals surface area contributed by atoms with E-state index in [0.29, 0.717) is 0 Å². The molecule has 1 aromatic rings. The Hall–Kier alpha value is -1.60. The van der Waals surface area contributed by atoms with Gasteiger partial charge < -0.3 is 9.47 Å². The molecule has 0 N–H and O–H groups in total. The van der Waals surface area contributed by atoms with Crippen molar-refractivity contribution in [2.75, 3.05) is 26.6 Å². The predicted molar refractivity (Wildman–Crippen MR) is 59.3 cm³/mol. The second-order valence-electron chi connectivity index (χ2n) is 3.57. The summed E-state index contributed by atoms with van der Waals surface area (Å²) in [6.07, 6.45) is -6.52. The Morgan fingerprint density at radius 3 is 1.35 bits per heavy atom. The third-order valence-corrected chi connectivity index (χ3v) is 2.31. The fraction of sp³-hybridized carbons (Fsp3) is 0.500. The Morgan fingerprint density at radius 2 is 1.10 bits per heavy atom. The van der Waals surface area contributed by atoms with Gasteiger partial charge in [0.15, 0.2) is 0 Å². The van der Waals surface area contributed by atoms with Gasteiger partial charge in [0.25, 0.3) is 12.9 Å². The number of hydrogen-bond donors (Lipinski definition) is 0. The third-order valence-electron chi connectivity index (χ3n) is 2.31. The summed E-state index contributed by atoms with van der Waals surface area (Å²) in [5.41, 5.74) is -2.13. The molecule has 8 heteroatoms. The van der Waals surface area contributed by atoms with Crippen LogP contribution in [0.15, 0.2) is 12.1 Å². The summed E-state index contributed by atoms with van der Waals surface area (Å²) < 4.78 is 85.1. The molecular formula is C12H12F6O2. The molecule has 0 fully saturated rings. The maximum Gasteiger partial charge on any atom is 0.268 e. The minimum atomic E-state index is -3.26. The number of rotatable bonds is 8. The first-order valence-electron chi connectivity index (χ1n) is 5.63. The normalized spacial score (nSPS) is 11.2. The number of hydrogen-bond acceptors (Lipinski definition) is 2. The molecule has 0 aliphatic carbocycles. The van der Waals surface area contributed by atoms with Gasteiger partial charge in [0.1, 0.15) is 38.1 Å². The minimum absolute atomic E-state index is 0.535. The Bertz CT molecular complexity index is 386. The van der Waals surface area contributed by atoms with Crippen molar-refractivity contribution < 1.29 is 35.8 Å². The number of halogens is 6. The zero-order valence-corrected chi connectivity index (χ0v) is 10.2. The zero-order valence-electron chi connectivity index (χ0n) is 10.2. The van der Waals surface area contributed by atoms with Crippen LogP contribution in [0.4, 0.5) is 26.3 Å². The van der Waals surface area contributed by atoms with Gasteiger partial charge in [-0.2, -0.15) is 0 Å². The first-order chi connectivity index (χ1) is 9.52. The molecule has 114 valence electrons. The fourth-order valence-corrected chi connectivity index (χ4v) is 1.60. The van der Waals surface area contributed by atoms with Gasteiger partial charge in [0.2, 0.25) is 0 Å². The topological polar surface area (TPSA) is 18.5 Å². The molecule has 0 heterocycles. The Balaban J connectivity index is 3.26. The molecule has 2 nitrogen and oxygen atoms in total. The van der Waals surface area contributed by atoms with E-state index in [2.05, 4.69) is 9.47 Å². The van der Waals surface area contributed by atoms with Gasteiger partial charge in [-0.1, -0.05) is 0 Å². The average Bonchev–Trinajstić information content (AvgIpc) is 2.41. The third kappa shape index (κ3) is 3.94. The van der Waals surface area contributed by atoms with E-state index in [9.17, 15) is 26.3 Å². The molecule has 0 bridgehead atoms. The average molecular weight is 302 g/mol. The Labute approximate surface area is 111 Å².